The summed E-state index contributed by atoms with van der Waals surface area (Å²) in [6.45, 7) is 1.14. The number of halogens is 1. The average Bonchev–Trinajstić information content (AvgIpc) is 2.62. The first-order valence-corrected chi connectivity index (χ1v) is 8.27. The van der Waals surface area contributed by atoms with Crippen LogP contribution in [0, 0.1) is 5.92 Å². The van der Waals surface area contributed by atoms with Crippen LogP contribution in [0.2, 0.25) is 5.02 Å². The number of anilines is 1. The van der Waals surface area contributed by atoms with Crippen molar-refractivity contribution in [3.8, 4) is 0 Å². The summed E-state index contributed by atoms with van der Waals surface area (Å²) >= 11 is 5.94. The second kappa shape index (κ2) is 7.45. The largest absolute Gasteiger partial charge is 0.339 e. The number of likely N-dealkylation sites (tertiary alicyclic amines) is 1. The maximum Gasteiger partial charge on any atom is 0.253 e. The molecule has 2 aromatic rings. The second-order valence-electron chi connectivity index (χ2n) is 5.80. The fraction of sp³-hybridized carbons (Fsp3) is 0.278. The summed E-state index contributed by atoms with van der Waals surface area (Å²) < 4.78 is 0. The number of aromatic nitrogens is 1. The highest BCUT2D eigenvalue weighted by molar-refractivity contribution is 6.30. The van der Waals surface area contributed by atoms with Gasteiger partial charge in [-0.3, -0.25) is 14.6 Å². The molecule has 1 aliphatic rings. The van der Waals surface area contributed by atoms with Crippen LogP contribution in [0.4, 0.5) is 5.69 Å². The molecule has 1 aromatic heterocycles. The van der Waals surface area contributed by atoms with E-state index in [-0.39, 0.29) is 17.7 Å². The summed E-state index contributed by atoms with van der Waals surface area (Å²) in [6, 6.07) is 10.5. The van der Waals surface area contributed by atoms with E-state index in [0.29, 0.717) is 36.5 Å². The summed E-state index contributed by atoms with van der Waals surface area (Å²) in [7, 11) is 0. The lowest BCUT2D eigenvalue weighted by molar-refractivity contribution is -0.121. The number of pyridine rings is 1. The van der Waals surface area contributed by atoms with Gasteiger partial charge in [-0.15, -0.1) is 0 Å². The van der Waals surface area contributed by atoms with Crippen molar-refractivity contribution in [1.29, 1.82) is 0 Å². The van der Waals surface area contributed by atoms with Crippen LogP contribution in [0.5, 0.6) is 0 Å². The molecule has 124 valence electrons. The first-order chi connectivity index (χ1) is 11.6. The number of carbonyl (C=O) groups excluding carboxylic acids is 2. The fourth-order valence-corrected chi connectivity index (χ4v) is 3.02. The quantitative estimate of drug-likeness (QED) is 0.930. The van der Waals surface area contributed by atoms with Crippen molar-refractivity contribution < 1.29 is 9.59 Å². The molecule has 0 unspecified atom stereocenters. The summed E-state index contributed by atoms with van der Waals surface area (Å²) in [6.07, 6.45) is 4.59. The third-order valence-corrected chi connectivity index (χ3v) is 4.41. The van der Waals surface area contributed by atoms with Crippen molar-refractivity contribution >= 4 is 29.1 Å². The van der Waals surface area contributed by atoms with E-state index >= 15 is 0 Å². The van der Waals surface area contributed by atoms with Gasteiger partial charge in [-0.25, -0.2) is 0 Å². The van der Waals surface area contributed by atoms with Crippen LogP contribution < -0.4 is 5.32 Å². The lowest BCUT2D eigenvalue weighted by Gasteiger charge is -2.31. The van der Waals surface area contributed by atoms with Crippen molar-refractivity contribution in [2.75, 3.05) is 18.4 Å². The molecule has 24 heavy (non-hydrogen) atoms. The molecule has 1 saturated heterocycles. The van der Waals surface area contributed by atoms with Gasteiger partial charge in [-0.2, -0.15) is 0 Å². The minimum absolute atomic E-state index is 0.00365. The first-order valence-electron chi connectivity index (χ1n) is 7.89. The summed E-state index contributed by atoms with van der Waals surface area (Å²) in [5.41, 5.74) is 1.33. The number of benzene rings is 1. The Morgan fingerprint density at radius 3 is 2.50 bits per heavy atom. The molecule has 5 nitrogen and oxygen atoms in total. The Hall–Kier alpha value is -2.40. The van der Waals surface area contributed by atoms with Crippen molar-refractivity contribution in [3.05, 3.63) is 59.4 Å². The van der Waals surface area contributed by atoms with Gasteiger partial charge < -0.3 is 10.2 Å². The van der Waals surface area contributed by atoms with Crippen molar-refractivity contribution in [3.63, 3.8) is 0 Å². The zero-order chi connectivity index (χ0) is 16.9. The van der Waals surface area contributed by atoms with E-state index in [9.17, 15) is 9.59 Å². The number of hydrogen-bond donors (Lipinski definition) is 1. The number of nitrogens with one attached hydrogen (secondary N) is 1. The Morgan fingerprint density at radius 1 is 1.12 bits per heavy atom. The molecule has 1 N–H and O–H groups in total. The molecule has 0 saturated carbocycles. The normalized spacial score (nSPS) is 15.1. The van der Waals surface area contributed by atoms with Crippen LogP contribution in [0.25, 0.3) is 0 Å². The molecule has 0 atom stereocenters. The van der Waals surface area contributed by atoms with Gasteiger partial charge >= 0.3 is 0 Å². The van der Waals surface area contributed by atoms with E-state index in [1.807, 2.05) is 0 Å². The molecule has 6 heteroatoms. The Kier molecular flexibility index (Phi) is 5.11. The molecule has 1 aliphatic heterocycles. The number of amides is 2. The molecular formula is C18H18ClN3O2. The van der Waals surface area contributed by atoms with Gasteiger partial charge in [0.25, 0.3) is 5.91 Å². The summed E-state index contributed by atoms with van der Waals surface area (Å²) in [5, 5.41) is 3.44. The minimum atomic E-state index is -0.0819. The summed E-state index contributed by atoms with van der Waals surface area (Å²) in [4.78, 5) is 30.5. The van der Waals surface area contributed by atoms with Crippen molar-refractivity contribution in [2.45, 2.75) is 12.8 Å². The highest BCUT2D eigenvalue weighted by Gasteiger charge is 2.27. The molecule has 0 spiro atoms. The molecule has 1 fully saturated rings. The summed E-state index contributed by atoms with van der Waals surface area (Å²) in [5.74, 6) is -0.122. The van der Waals surface area contributed by atoms with Crippen molar-refractivity contribution in [2.24, 2.45) is 5.92 Å². The number of hydrogen-bond acceptors (Lipinski definition) is 3. The van der Waals surface area contributed by atoms with Gasteiger partial charge in [0, 0.05) is 47.7 Å². The van der Waals surface area contributed by atoms with Crippen LogP contribution in [-0.4, -0.2) is 34.8 Å². The molecule has 2 amide bonds. The van der Waals surface area contributed by atoms with Crippen LogP contribution in [0.3, 0.4) is 0 Å². The van der Waals surface area contributed by atoms with Gasteiger partial charge in [0.15, 0.2) is 0 Å². The fourth-order valence-electron chi connectivity index (χ4n) is 2.83. The highest BCUT2D eigenvalue weighted by atomic mass is 35.5. The Morgan fingerprint density at radius 2 is 1.83 bits per heavy atom. The van der Waals surface area contributed by atoms with E-state index in [0.717, 1.165) is 5.69 Å². The van der Waals surface area contributed by atoms with Crippen LogP contribution in [0.15, 0.2) is 48.8 Å². The zero-order valence-corrected chi connectivity index (χ0v) is 13.9. The van der Waals surface area contributed by atoms with Crippen LogP contribution in [-0.2, 0) is 4.79 Å². The molecule has 3 rings (SSSR count). The van der Waals surface area contributed by atoms with E-state index in [1.54, 1.807) is 53.7 Å². The maximum absolute atomic E-state index is 12.5. The minimum Gasteiger partial charge on any atom is -0.339 e. The predicted molar refractivity (Wildman–Crippen MR) is 92.9 cm³/mol. The lowest BCUT2D eigenvalue weighted by Crippen LogP contribution is -2.41. The second-order valence-corrected chi connectivity index (χ2v) is 6.24. The van der Waals surface area contributed by atoms with Gasteiger partial charge in [0.1, 0.15) is 0 Å². The van der Waals surface area contributed by atoms with Crippen molar-refractivity contribution in [1.82, 2.24) is 9.88 Å². The first kappa shape index (κ1) is 16.5. The Labute approximate surface area is 145 Å². The maximum atomic E-state index is 12.5. The molecule has 0 radical (unpaired) electrons. The third kappa shape index (κ3) is 3.92. The topological polar surface area (TPSA) is 62.3 Å². The highest BCUT2D eigenvalue weighted by Crippen LogP contribution is 2.21. The smallest absolute Gasteiger partial charge is 0.253 e. The third-order valence-electron chi connectivity index (χ3n) is 4.17. The standard InChI is InChI=1S/C18H18ClN3O2/c19-15-3-1-2-14(12-15)18(24)22-10-6-13(7-11-22)17(23)21-16-4-8-20-9-5-16/h1-5,8-9,12-13H,6-7,10-11H2,(H,20,21,23). The average molecular weight is 344 g/mol. The number of nitrogens with zero attached hydrogens (tertiary/aromatic N) is 2. The number of piperidine rings is 1. The molecule has 1 aromatic carbocycles. The van der Waals surface area contributed by atoms with Gasteiger partial charge in [0.2, 0.25) is 5.91 Å². The van der Waals surface area contributed by atoms with E-state index in [1.165, 1.54) is 0 Å². The van der Waals surface area contributed by atoms with E-state index in [2.05, 4.69) is 10.3 Å². The number of carbonyl (C=O) groups is 2. The molecule has 2 heterocycles. The van der Waals surface area contributed by atoms with E-state index in [4.69, 9.17) is 11.6 Å². The molecule has 0 aliphatic carbocycles. The van der Waals surface area contributed by atoms with Crippen LogP contribution in [0.1, 0.15) is 23.2 Å². The van der Waals surface area contributed by atoms with E-state index < -0.39 is 0 Å². The van der Waals surface area contributed by atoms with Gasteiger partial charge in [0.05, 0.1) is 0 Å². The van der Waals surface area contributed by atoms with Crippen LogP contribution >= 0.6 is 11.6 Å². The predicted octanol–water partition coefficient (Wildman–Crippen LogP) is 3.23. The monoisotopic (exact) mass is 343 g/mol. The molecule has 0 bridgehead atoms. The Bertz CT molecular complexity index is 728. The Balaban J connectivity index is 1.55. The van der Waals surface area contributed by atoms with Gasteiger partial charge in [-0.05, 0) is 43.2 Å². The SMILES string of the molecule is O=C(Nc1ccncc1)C1CCN(C(=O)c2cccc(Cl)c2)CC1. The lowest BCUT2D eigenvalue weighted by atomic mass is 9.95. The molecular weight excluding hydrogens is 326 g/mol. The zero-order valence-electron chi connectivity index (χ0n) is 13.1. The number of rotatable bonds is 3. The van der Waals surface area contributed by atoms with Gasteiger partial charge in [-0.1, -0.05) is 17.7 Å².